The quantitative estimate of drug-likeness (QED) is 0.277. The molecule has 2 aromatic rings. The zero-order valence-corrected chi connectivity index (χ0v) is 20.3. The van der Waals surface area contributed by atoms with Crippen molar-refractivity contribution in [3.8, 4) is 17.2 Å². The minimum Gasteiger partial charge on any atom is -0.496 e. The Morgan fingerprint density at radius 1 is 0.968 bits per heavy atom. The van der Waals surface area contributed by atoms with Crippen molar-refractivity contribution in [2.24, 2.45) is 0 Å². The number of benzene rings is 2. The van der Waals surface area contributed by atoms with E-state index in [0.29, 0.717) is 29.4 Å². The number of carbonyl (C=O) groups is 1. The number of hydrogen-bond acceptors (Lipinski definition) is 5. The van der Waals surface area contributed by atoms with Crippen LogP contribution in [-0.2, 0) is 15.8 Å². The minimum absolute atomic E-state index is 0.219. The van der Waals surface area contributed by atoms with Crippen molar-refractivity contribution in [3.63, 3.8) is 0 Å². The van der Waals surface area contributed by atoms with Crippen molar-refractivity contribution in [1.29, 1.82) is 0 Å². The van der Waals surface area contributed by atoms with Crippen molar-refractivity contribution >= 4 is 14.1 Å². The standard InChI is InChI=1S/C25H34O5Si/c1-7-20(26)24(30-31(8-2,9-3)10-4)23-21(27-5)16-17-22(28-6)25(23)29-18-19-14-12-11-13-15-19/h7,11-17,24H,1,8-10,18H2,2-6H3. The molecule has 2 rings (SSSR count). The summed E-state index contributed by atoms with van der Waals surface area (Å²) in [6.45, 7) is 10.4. The van der Waals surface area contributed by atoms with Gasteiger partial charge in [0, 0.05) is 0 Å². The van der Waals surface area contributed by atoms with E-state index in [-0.39, 0.29) is 5.78 Å². The molecule has 5 nitrogen and oxygen atoms in total. The van der Waals surface area contributed by atoms with E-state index in [0.717, 1.165) is 23.7 Å². The van der Waals surface area contributed by atoms with Crippen LogP contribution in [0.3, 0.4) is 0 Å². The zero-order valence-electron chi connectivity index (χ0n) is 19.3. The van der Waals surface area contributed by atoms with E-state index in [4.69, 9.17) is 18.6 Å². The van der Waals surface area contributed by atoms with E-state index >= 15 is 0 Å². The third-order valence-corrected chi connectivity index (χ3v) is 10.4. The molecule has 31 heavy (non-hydrogen) atoms. The van der Waals surface area contributed by atoms with Gasteiger partial charge in [-0.3, -0.25) is 4.79 Å². The first-order valence-electron chi connectivity index (χ1n) is 10.7. The van der Waals surface area contributed by atoms with E-state index in [1.807, 2.05) is 30.3 Å². The highest BCUT2D eigenvalue weighted by molar-refractivity contribution is 6.73. The Balaban J connectivity index is 2.61. The number of methoxy groups -OCH3 is 2. The lowest BCUT2D eigenvalue weighted by atomic mass is 10.0. The molecule has 0 bridgehead atoms. The van der Waals surface area contributed by atoms with E-state index in [9.17, 15) is 4.79 Å². The lowest BCUT2D eigenvalue weighted by molar-refractivity contribution is -0.121. The first-order chi connectivity index (χ1) is 15.0. The average molecular weight is 443 g/mol. The molecular weight excluding hydrogens is 408 g/mol. The second-order valence-corrected chi connectivity index (χ2v) is 12.1. The molecule has 0 aliphatic heterocycles. The summed E-state index contributed by atoms with van der Waals surface area (Å²) < 4.78 is 24.1. The third kappa shape index (κ3) is 5.77. The highest BCUT2D eigenvalue weighted by Gasteiger charge is 2.38. The highest BCUT2D eigenvalue weighted by Crippen LogP contribution is 2.45. The van der Waals surface area contributed by atoms with Crippen molar-refractivity contribution in [3.05, 3.63) is 66.2 Å². The molecule has 0 aromatic heterocycles. The van der Waals surface area contributed by atoms with E-state index in [1.165, 1.54) is 6.08 Å². The molecule has 0 saturated carbocycles. The molecular formula is C25H34O5Si. The number of ketones is 1. The first-order valence-corrected chi connectivity index (χ1v) is 13.3. The maximum atomic E-state index is 13.1. The minimum atomic E-state index is -2.14. The van der Waals surface area contributed by atoms with Crippen LogP contribution in [0.2, 0.25) is 18.1 Å². The first kappa shape index (κ1) is 24.7. The van der Waals surface area contributed by atoms with E-state index < -0.39 is 14.4 Å². The largest absolute Gasteiger partial charge is 0.496 e. The lowest BCUT2D eigenvalue weighted by Gasteiger charge is -2.33. The van der Waals surface area contributed by atoms with Gasteiger partial charge in [-0.15, -0.1) is 0 Å². The predicted molar refractivity (Wildman–Crippen MR) is 127 cm³/mol. The maximum Gasteiger partial charge on any atom is 0.193 e. The van der Waals surface area contributed by atoms with Crippen LogP contribution >= 0.6 is 0 Å². The summed E-state index contributed by atoms with van der Waals surface area (Å²) in [6, 6.07) is 16.1. The molecule has 6 heteroatoms. The summed E-state index contributed by atoms with van der Waals surface area (Å²) >= 11 is 0. The molecule has 168 valence electrons. The van der Waals surface area contributed by atoms with Crippen LogP contribution in [-0.4, -0.2) is 28.3 Å². The molecule has 0 spiro atoms. The van der Waals surface area contributed by atoms with Gasteiger partial charge in [0.15, 0.2) is 25.6 Å². The van der Waals surface area contributed by atoms with Crippen molar-refractivity contribution in [2.75, 3.05) is 14.2 Å². The Labute approximate surface area is 187 Å². The fraction of sp³-hybridized carbons (Fsp3) is 0.400. The Bertz CT molecular complexity index is 853. The smallest absolute Gasteiger partial charge is 0.193 e. The third-order valence-electron chi connectivity index (χ3n) is 5.81. The average Bonchev–Trinajstić information content (AvgIpc) is 2.83. The number of hydrogen-bond donors (Lipinski definition) is 0. The lowest BCUT2D eigenvalue weighted by Crippen LogP contribution is -2.39. The summed E-state index contributed by atoms with van der Waals surface area (Å²) in [7, 11) is 1.02. The van der Waals surface area contributed by atoms with E-state index in [1.54, 1.807) is 26.4 Å². The van der Waals surface area contributed by atoms with Crippen LogP contribution in [0.5, 0.6) is 17.2 Å². The van der Waals surface area contributed by atoms with Crippen molar-refractivity contribution in [1.82, 2.24) is 0 Å². The predicted octanol–water partition coefficient (Wildman–Crippen LogP) is 6.10. The zero-order chi connectivity index (χ0) is 22.9. The fourth-order valence-corrected chi connectivity index (χ4v) is 6.38. The van der Waals surface area contributed by atoms with Crippen LogP contribution in [0.1, 0.15) is 38.0 Å². The maximum absolute atomic E-state index is 13.1. The molecule has 0 heterocycles. The summed E-state index contributed by atoms with van der Waals surface area (Å²) in [6.07, 6.45) is 0.449. The number of carbonyl (C=O) groups excluding carboxylic acids is 1. The van der Waals surface area contributed by atoms with Gasteiger partial charge in [-0.1, -0.05) is 57.7 Å². The molecule has 0 aliphatic carbocycles. The van der Waals surface area contributed by atoms with Crippen molar-refractivity contribution < 1.29 is 23.4 Å². The van der Waals surface area contributed by atoms with Gasteiger partial charge in [-0.05, 0) is 41.9 Å². The van der Waals surface area contributed by atoms with Crippen LogP contribution < -0.4 is 14.2 Å². The van der Waals surface area contributed by atoms with Gasteiger partial charge in [-0.2, -0.15) is 0 Å². The highest BCUT2D eigenvalue weighted by atomic mass is 28.4. The van der Waals surface area contributed by atoms with Gasteiger partial charge in [0.1, 0.15) is 18.5 Å². The van der Waals surface area contributed by atoms with Gasteiger partial charge in [0.05, 0.1) is 19.8 Å². The van der Waals surface area contributed by atoms with Gasteiger partial charge in [0.2, 0.25) is 0 Å². The molecule has 2 aromatic carbocycles. The molecule has 1 atom stereocenters. The van der Waals surface area contributed by atoms with Crippen LogP contribution in [0, 0.1) is 0 Å². The molecule has 1 unspecified atom stereocenters. The van der Waals surface area contributed by atoms with Gasteiger partial charge >= 0.3 is 0 Å². The monoisotopic (exact) mass is 442 g/mol. The van der Waals surface area contributed by atoms with E-state index in [2.05, 4.69) is 27.4 Å². The Morgan fingerprint density at radius 2 is 1.55 bits per heavy atom. The Hall–Kier alpha value is -2.57. The normalized spacial score (nSPS) is 12.2. The summed E-state index contributed by atoms with van der Waals surface area (Å²) in [4.78, 5) is 13.1. The Morgan fingerprint density at radius 3 is 2.06 bits per heavy atom. The second-order valence-electron chi connectivity index (χ2n) is 7.34. The van der Waals surface area contributed by atoms with Crippen LogP contribution in [0.25, 0.3) is 0 Å². The van der Waals surface area contributed by atoms with Crippen LogP contribution in [0.4, 0.5) is 0 Å². The van der Waals surface area contributed by atoms with Crippen LogP contribution in [0.15, 0.2) is 55.1 Å². The molecule has 0 amide bonds. The molecule has 0 radical (unpaired) electrons. The summed E-state index contributed by atoms with van der Waals surface area (Å²) in [5.74, 6) is 1.28. The van der Waals surface area contributed by atoms with Gasteiger partial charge < -0.3 is 18.6 Å². The number of rotatable bonds is 13. The summed E-state index contributed by atoms with van der Waals surface area (Å²) in [5, 5.41) is 0. The van der Waals surface area contributed by atoms with Crippen molar-refractivity contribution in [2.45, 2.75) is 51.6 Å². The second kappa shape index (κ2) is 11.7. The fourth-order valence-electron chi connectivity index (χ4n) is 3.64. The number of ether oxygens (including phenoxy) is 3. The SMILES string of the molecule is C=CC(=O)C(O[Si](CC)(CC)CC)c1c(OC)ccc(OC)c1OCc1ccccc1. The van der Waals surface area contributed by atoms with Gasteiger partial charge in [-0.25, -0.2) is 0 Å². The molecule has 0 aliphatic rings. The molecule has 0 N–H and O–H groups in total. The Kier molecular flexibility index (Phi) is 9.34. The topological polar surface area (TPSA) is 54.0 Å². The molecule has 0 fully saturated rings. The molecule has 0 saturated heterocycles. The van der Waals surface area contributed by atoms with Gasteiger partial charge in [0.25, 0.3) is 0 Å². The summed E-state index contributed by atoms with van der Waals surface area (Å²) in [5.41, 5.74) is 1.56.